The van der Waals surface area contributed by atoms with E-state index in [9.17, 15) is 14.7 Å². The zero-order valence-electron chi connectivity index (χ0n) is 15.5. The lowest BCUT2D eigenvalue weighted by Gasteiger charge is -2.31. The van der Waals surface area contributed by atoms with Gasteiger partial charge in [0.05, 0.1) is 36.1 Å². The first-order valence-corrected chi connectivity index (χ1v) is 9.11. The Labute approximate surface area is 160 Å². The number of hydrogen-bond acceptors (Lipinski definition) is 6. The molecule has 0 spiro atoms. The van der Waals surface area contributed by atoms with Crippen molar-refractivity contribution < 1.29 is 19.4 Å². The van der Waals surface area contributed by atoms with Gasteiger partial charge in [-0.3, -0.25) is 4.79 Å². The number of aromatic nitrogens is 2. The second-order valence-corrected chi connectivity index (χ2v) is 7.16. The molecule has 2 aromatic heterocycles. The maximum absolute atomic E-state index is 13.1. The van der Waals surface area contributed by atoms with E-state index in [0.717, 1.165) is 22.2 Å². The van der Waals surface area contributed by atoms with Gasteiger partial charge < -0.3 is 19.1 Å². The van der Waals surface area contributed by atoms with E-state index in [1.165, 1.54) is 0 Å². The van der Waals surface area contributed by atoms with Gasteiger partial charge in [-0.25, -0.2) is 9.78 Å². The summed E-state index contributed by atoms with van der Waals surface area (Å²) in [6.45, 7) is 1.95. The Kier molecular flexibility index (Phi) is 3.42. The van der Waals surface area contributed by atoms with E-state index >= 15 is 0 Å². The van der Waals surface area contributed by atoms with Crippen LogP contribution >= 0.6 is 0 Å². The van der Waals surface area contributed by atoms with Gasteiger partial charge in [0.25, 0.3) is 5.56 Å². The predicted octanol–water partition coefficient (Wildman–Crippen LogP) is 2.09. The molecule has 1 N–H and O–H groups in total. The van der Waals surface area contributed by atoms with Crippen LogP contribution < -0.4 is 10.3 Å². The predicted molar refractivity (Wildman–Crippen MR) is 101 cm³/mol. The molecule has 1 aromatic carbocycles. The molecule has 0 unspecified atom stereocenters. The number of fused-ring (bicyclic) bond motifs is 5. The Morgan fingerprint density at radius 1 is 1.29 bits per heavy atom. The second kappa shape index (κ2) is 5.65. The van der Waals surface area contributed by atoms with Gasteiger partial charge in [-0.15, -0.1) is 0 Å². The highest BCUT2D eigenvalue weighted by atomic mass is 16.6. The van der Waals surface area contributed by atoms with Crippen molar-refractivity contribution in [1.29, 1.82) is 0 Å². The van der Waals surface area contributed by atoms with Crippen molar-refractivity contribution in [2.45, 2.75) is 32.1 Å². The average molecular weight is 377 g/mol. The topological polar surface area (TPSA) is 90.7 Å². The van der Waals surface area contributed by atoms with Gasteiger partial charge in [0.15, 0.2) is 5.60 Å². The average Bonchev–Trinajstić information content (AvgIpc) is 3.07. The summed E-state index contributed by atoms with van der Waals surface area (Å²) < 4.78 is 12.0. The number of carbonyl (C=O) groups is 1. The molecule has 0 bridgehead atoms. The summed E-state index contributed by atoms with van der Waals surface area (Å²) in [6.07, 6.45) is 0.125. The van der Waals surface area contributed by atoms with Crippen molar-refractivity contribution in [3.63, 3.8) is 0 Å². The molecule has 142 valence electrons. The molecule has 0 fully saturated rings. The Balaban J connectivity index is 1.76. The summed E-state index contributed by atoms with van der Waals surface area (Å²) in [7, 11) is 1.61. The molecule has 0 aliphatic carbocycles. The third-order valence-electron chi connectivity index (χ3n) is 5.71. The van der Waals surface area contributed by atoms with E-state index in [-0.39, 0.29) is 18.6 Å². The molecule has 2 aliphatic rings. The molecule has 1 atom stereocenters. The highest BCUT2D eigenvalue weighted by Gasteiger charge is 2.45. The number of benzene rings is 1. The second-order valence-electron chi connectivity index (χ2n) is 7.16. The fraction of sp³-hybridized carbons (Fsp3) is 0.286. The van der Waals surface area contributed by atoms with Gasteiger partial charge >= 0.3 is 5.97 Å². The molecule has 7 heteroatoms. The molecule has 0 saturated carbocycles. The molecule has 4 heterocycles. The monoisotopic (exact) mass is 377 g/mol. The van der Waals surface area contributed by atoms with Gasteiger partial charge in [-0.2, -0.15) is 0 Å². The van der Waals surface area contributed by atoms with Crippen molar-refractivity contribution in [2.24, 2.45) is 0 Å². The molecule has 3 aromatic rings. The van der Waals surface area contributed by atoms with Crippen molar-refractivity contribution in [3.05, 3.63) is 57.4 Å². The number of hydrogen-bond donors (Lipinski definition) is 1. The molecule has 0 radical (unpaired) electrons. The summed E-state index contributed by atoms with van der Waals surface area (Å²) in [4.78, 5) is 30.0. The zero-order chi connectivity index (χ0) is 19.6. The van der Waals surface area contributed by atoms with Crippen molar-refractivity contribution in [2.75, 3.05) is 7.11 Å². The van der Waals surface area contributed by atoms with Gasteiger partial charge in [0.2, 0.25) is 0 Å². The molecule has 5 rings (SSSR count). The number of rotatable bonds is 2. The van der Waals surface area contributed by atoms with Gasteiger partial charge in [0, 0.05) is 16.5 Å². The number of carbonyl (C=O) groups excluding carboxylic acids is 1. The lowest BCUT2D eigenvalue weighted by Crippen LogP contribution is -2.44. The first-order valence-electron chi connectivity index (χ1n) is 9.11. The van der Waals surface area contributed by atoms with Crippen molar-refractivity contribution in [1.82, 2.24) is 9.55 Å². The summed E-state index contributed by atoms with van der Waals surface area (Å²) in [5.41, 5.74) is 1.57. The van der Waals surface area contributed by atoms with Crippen molar-refractivity contribution in [3.8, 4) is 17.1 Å². The van der Waals surface area contributed by atoms with Crippen LogP contribution in [0.1, 0.15) is 30.0 Å². The summed E-state index contributed by atoms with van der Waals surface area (Å²) in [5, 5.41) is 11.8. The first-order chi connectivity index (χ1) is 13.5. The quantitative estimate of drug-likeness (QED) is 0.538. The fourth-order valence-corrected chi connectivity index (χ4v) is 4.09. The van der Waals surface area contributed by atoms with Gasteiger partial charge in [0.1, 0.15) is 12.4 Å². The minimum Gasteiger partial charge on any atom is -0.497 e. The largest absolute Gasteiger partial charge is 0.497 e. The van der Waals surface area contributed by atoms with E-state index < -0.39 is 11.6 Å². The molecule has 28 heavy (non-hydrogen) atoms. The highest BCUT2D eigenvalue weighted by molar-refractivity contribution is 5.86. The maximum atomic E-state index is 13.1. The van der Waals surface area contributed by atoms with E-state index in [1.807, 2.05) is 24.3 Å². The van der Waals surface area contributed by atoms with Crippen LogP contribution in [-0.2, 0) is 28.3 Å². The van der Waals surface area contributed by atoms with Crippen LogP contribution in [0.15, 0.2) is 35.1 Å². The van der Waals surface area contributed by atoms with E-state index in [0.29, 0.717) is 29.1 Å². The summed E-state index contributed by atoms with van der Waals surface area (Å²) >= 11 is 0. The number of aliphatic hydroxyl groups is 1. The van der Waals surface area contributed by atoms with Crippen LogP contribution in [0, 0.1) is 0 Å². The highest BCUT2D eigenvalue weighted by Crippen LogP contribution is 2.38. The molecule has 0 amide bonds. The van der Waals surface area contributed by atoms with Gasteiger partial charge in [-0.05, 0) is 36.8 Å². The lowest BCUT2D eigenvalue weighted by atomic mass is 9.86. The van der Waals surface area contributed by atoms with Crippen LogP contribution in [0.25, 0.3) is 22.3 Å². The third-order valence-corrected chi connectivity index (χ3v) is 5.71. The Bertz CT molecular complexity index is 1230. The maximum Gasteiger partial charge on any atom is 0.343 e. The fourth-order valence-electron chi connectivity index (χ4n) is 4.09. The number of pyridine rings is 2. The van der Waals surface area contributed by atoms with Crippen molar-refractivity contribution >= 4 is 16.9 Å². The van der Waals surface area contributed by atoms with E-state index in [1.54, 1.807) is 24.7 Å². The normalized spacial score (nSPS) is 19.8. The first kappa shape index (κ1) is 16.9. The molecular weight excluding hydrogens is 359 g/mol. The lowest BCUT2D eigenvalue weighted by molar-refractivity contribution is -0.172. The van der Waals surface area contributed by atoms with Crippen LogP contribution in [0.3, 0.4) is 0 Å². The smallest absolute Gasteiger partial charge is 0.343 e. The zero-order valence-corrected chi connectivity index (χ0v) is 15.5. The van der Waals surface area contributed by atoms with Crippen LogP contribution in [0.4, 0.5) is 0 Å². The summed E-state index contributed by atoms with van der Waals surface area (Å²) in [5.74, 6) is 0.0182. The summed E-state index contributed by atoms with van der Waals surface area (Å²) in [6, 6.07) is 9.33. The third kappa shape index (κ3) is 2.10. The van der Waals surface area contributed by atoms with Crippen LogP contribution in [-0.4, -0.2) is 27.7 Å². The molecule has 7 nitrogen and oxygen atoms in total. The Hall–Kier alpha value is -3.19. The minimum atomic E-state index is -1.81. The van der Waals surface area contributed by atoms with Gasteiger partial charge in [-0.1, -0.05) is 6.92 Å². The van der Waals surface area contributed by atoms with Crippen LogP contribution in [0.5, 0.6) is 5.75 Å². The molecule has 0 saturated heterocycles. The standard InChI is InChI=1S/C21H18N2O5/c1-3-21(26)15-8-17-18-12(6-11-7-13(27-2)4-5-16(11)22-18)9-23(17)19(24)14(15)10-28-20(21)25/h4-8,26H,3,9-10H2,1-2H3/t21-/m0/s1/i2-1. The molecule has 2 aliphatic heterocycles. The number of methoxy groups -OCH3 is 1. The molecular formula is C21H18N2O5. The van der Waals surface area contributed by atoms with Crippen LogP contribution in [0.2, 0.25) is 0 Å². The number of cyclic esters (lactones) is 1. The Morgan fingerprint density at radius 2 is 2.11 bits per heavy atom. The SMILES string of the molecule is CC[C@@]1(O)C(=O)OCc2c1cc1n(c2=O)Cc2cc3cc(O[11CH3])ccc3nc2-1. The number of nitrogens with zero attached hydrogens (tertiary/aromatic N) is 2. The minimum absolute atomic E-state index is 0.125. The number of esters is 1. The Morgan fingerprint density at radius 3 is 2.86 bits per heavy atom. The van der Waals surface area contributed by atoms with E-state index in [2.05, 4.69) is 0 Å². The van der Waals surface area contributed by atoms with E-state index in [4.69, 9.17) is 14.5 Å². The number of ether oxygens (including phenoxy) is 2.